The highest BCUT2D eigenvalue weighted by atomic mass is 16.6. The molecule has 0 fully saturated rings. The predicted molar refractivity (Wildman–Crippen MR) is 115 cm³/mol. The summed E-state index contributed by atoms with van der Waals surface area (Å²) in [5, 5.41) is 57.5. The Hall–Kier alpha value is -4.60. The van der Waals surface area contributed by atoms with Gasteiger partial charge in [0.2, 0.25) is 0 Å². The molecule has 10 nitrogen and oxygen atoms in total. The molecule has 176 valence electrons. The van der Waals surface area contributed by atoms with Gasteiger partial charge >= 0.3 is 11.9 Å². The molecule has 1 aliphatic rings. The van der Waals surface area contributed by atoms with E-state index >= 15 is 0 Å². The van der Waals surface area contributed by atoms with E-state index in [2.05, 4.69) is 0 Å². The maximum absolute atomic E-state index is 12.6. The van der Waals surface area contributed by atoms with Gasteiger partial charge in [-0.2, -0.15) is 0 Å². The number of esters is 2. The van der Waals surface area contributed by atoms with Crippen LogP contribution in [0.3, 0.4) is 0 Å². The second-order valence-electron chi connectivity index (χ2n) is 7.72. The third kappa shape index (κ3) is 4.20. The Kier molecular flexibility index (Phi) is 5.80. The first-order valence-electron chi connectivity index (χ1n) is 10.2. The molecule has 0 heterocycles. The Balaban J connectivity index is 1.54. The van der Waals surface area contributed by atoms with Crippen LogP contribution < -0.4 is 0 Å². The molecule has 0 amide bonds. The largest absolute Gasteiger partial charge is 0.504 e. The fraction of sp³-hybridized carbons (Fsp3) is 0.167. The van der Waals surface area contributed by atoms with E-state index in [-0.39, 0.29) is 24.0 Å². The fourth-order valence-corrected chi connectivity index (χ4v) is 3.79. The average molecular weight is 468 g/mol. The van der Waals surface area contributed by atoms with Gasteiger partial charge in [-0.15, -0.1) is 0 Å². The molecule has 1 aliphatic carbocycles. The van der Waals surface area contributed by atoms with E-state index in [4.69, 9.17) is 9.47 Å². The van der Waals surface area contributed by atoms with Crippen molar-refractivity contribution in [2.45, 2.75) is 25.0 Å². The molecule has 0 aliphatic heterocycles. The van der Waals surface area contributed by atoms with Gasteiger partial charge in [-0.25, -0.2) is 9.59 Å². The molecule has 0 radical (unpaired) electrons. The molecule has 34 heavy (non-hydrogen) atoms. The van der Waals surface area contributed by atoms with Crippen molar-refractivity contribution >= 4 is 11.9 Å². The Morgan fingerprint density at radius 3 is 1.26 bits per heavy atom. The van der Waals surface area contributed by atoms with Gasteiger partial charge in [0.05, 0.1) is 11.1 Å². The normalized spacial score (nSPS) is 16.9. The SMILES string of the molecule is O=C(O[C@H]1CC[C@H](OC(=O)c2cc(O)c(O)c(O)c2)c2ccccc21)c1cc(O)c(O)c(O)c1. The summed E-state index contributed by atoms with van der Waals surface area (Å²) in [6.07, 6.45) is -0.858. The number of phenolic OH excluding ortho intramolecular Hbond substituents is 6. The van der Waals surface area contributed by atoms with E-state index < -0.39 is 58.6 Å². The van der Waals surface area contributed by atoms with Crippen molar-refractivity contribution in [3.05, 3.63) is 70.8 Å². The molecule has 0 saturated carbocycles. The van der Waals surface area contributed by atoms with E-state index in [1.165, 1.54) is 0 Å². The predicted octanol–water partition coefficient (Wildman–Crippen LogP) is 3.51. The van der Waals surface area contributed by atoms with Gasteiger partial charge in [-0.3, -0.25) is 0 Å². The number of fused-ring (bicyclic) bond motifs is 1. The first-order chi connectivity index (χ1) is 16.2. The lowest BCUT2D eigenvalue weighted by molar-refractivity contribution is 0.00335. The van der Waals surface area contributed by atoms with E-state index in [1.807, 2.05) is 0 Å². The Morgan fingerprint density at radius 2 is 0.941 bits per heavy atom. The number of hydrogen-bond donors (Lipinski definition) is 6. The van der Waals surface area contributed by atoms with Crippen LogP contribution in [0.5, 0.6) is 34.5 Å². The highest BCUT2D eigenvalue weighted by Gasteiger charge is 2.32. The lowest BCUT2D eigenvalue weighted by atomic mass is 9.87. The summed E-state index contributed by atoms with van der Waals surface area (Å²) >= 11 is 0. The zero-order valence-corrected chi connectivity index (χ0v) is 17.5. The van der Waals surface area contributed by atoms with Crippen LogP contribution in [0.4, 0.5) is 0 Å². The molecular weight excluding hydrogens is 448 g/mol. The van der Waals surface area contributed by atoms with Crippen LogP contribution >= 0.6 is 0 Å². The molecular formula is C24H20O10. The summed E-state index contributed by atoms with van der Waals surface area (Å²) in [7, 11) is 0. The molecule has 3 aromatic rings. The van der Waals surface area contributed by atoms with Crippen LogP contribution in [0.25, 0.3) is 0 Å². The van der Waals surface area contributed by atoms with Crippen molar-refractivity contribution in [1.29, 1.82) is 0 Å². The van der Waals surface area contributed by atoms with Gasteiger partial charge < -0.3 is 40.1 Å². The average Bonchev–Trinajstić information content (AvgIpc) is 2.81. The van der Waals surface area contributed by atoms with Crippen molar-refractivity contribution in [3.63, 3.8) is 0 Å². The Bertz CT molecular complexity index is 1140. The topological polar surface area (TPSA) is 174 Å². The summed E-state index contributed by atoms with van der Waals surface area (Å²) in [6, 6.07) is 10.7. The van der Waals surface area contributed by atoms with Gasteiger partial charge in [0.25, 0.3) is 0 Å². The van der Waals surface area contributed by atoms with Crippen LogP contribution in [0.15, 0.2) is 48.5 Å². The quantitative estimate of drug-likeness (QED) is 0.246. The number of phenols is 6. The first kappa shape index (κ1) is 22.6. The minimum atomic E-state index is -0.837. The van der Waals surface area contributed by atoms with E-state index in [0.29, 0.717) is 11.1 Å². The second kappa shape index (κ2) is 8.74. The minimum Gasteiger partial charge on any atom is -0.504 e. The Labute approximate surface area is 192 Å². The Morgan fingerprint density at radius 1 is 0.618 bits per heavy atom. The molecule has 10 heteroatoms. The van der Waals surface area contributed by atoms with Crippen LogP contribution in [0.2, 0.25) is 0 Å². The maximum Gasteiger partial charge on any atom is 0.339 e. The summed E-state index contributed by atoms with van der Waals surface area (Å²) in [6.45, 7) is 0. The maximum atomic E-state index is 12.6. The van der Waals surface area contributed by atoms with Crippen LogP contribution in [-0.2, 0) is 9.47 Å². The lowest BCUT2D eigenvalue weighted by Gasteiger charge is -2.31. The zero-order chi connectivity index (χ0) is 24.6. The van der Waals surface area contributed by atoms with Gasteiger partial charge in [0.1, 0.15) is 12.2 Å². The van der Waals surface area contributed by atoms with Crippen molar-refractivity contribution < 1.29 is 49.7 Å². The van der Waals surface area contributed by atoms with E-state index in [1.54, 1.807) is 24.3 Å². The fourth-order valence-electron chi connectivity index (χ4n) is 3.79. The molecule has 6 N–H and O–H groups in total. The van der Waals surface area contributed by atoms with Gasteiger partial charge in [-0.1, -0.05) is 24.3 Å². The molecule has 0 saturated heterocycles. The molecule has 0 bridgehead atoms. The molecule has 0 spiro atoms. The van der Waals surface area contributed by atoms with Crippen molar-refractivity contribution in [1.82, 2.24) is 0 Å². The van der Waals surface area contributed by atoms with Crippen molar-refractivity contribution in [2.24, 2.45) is 0 Å². The first-order valence-corrected chi connectivity index (χ1v) is 10.2. The third-order valence-electron chi connectivity index (χ3n) is 5.49. The number of aromatic hydroxyl groups is 6. The summed E-state index contributed by atoms with van der Waals surface area (Å²) in [4.78, 5) is 25.2. The summed E-state index contributed by atoms with van der Waals surface area (Å²) < 4.78 is 11.1. The molecule has 2 atom stereocenters. The van der Waals surface area contributed by atoms with Crippen LogP contribution in [-0.4, -0.2) is 42.6 Å². The smallest absolute Gasteiger partial charge is 0.339 e. The number of benzene rings is 3. The van der Waals surface area contributed by atoms with Gasteiger partial charge in [-0.05, 0) is 48.2 Å². The standard InChI is InChI=1S/C24H20O10/c25-15-7-11(8-16(26)21(15)29)23(31)33-19-5-6-20(14-4-2-1-3-13(14)19)34-24(32)12-9-17(27)22(30)18(28)10-12/h1-4,7-10,19-20,25-30H,5-6H2/t19-,20-/m0/s1. The summed E-state index contributed by atoms with van der Waals surface area (Å²) in [5.74, 6) is -5.86. The van der Waals surface area contributed by atoms with E-state index in [9.17, 15) is 40.2 Å². The van der Waals surface area contributed by atoms with Crippen molar-refractivity contribution in [3.8, 4) is 34.5 Å². The number of rotatable bonds is 4. The molecule has 4 rings (SSSR count). The van der Waals surface area contributed by atoms with Crippen LogP contribution in [0, 0.1) is 0 Å². The molecule has 0 aromatic heterocycles. The number of ether oxygens (including phenoxy) is 2. The summed E-state index contributed by atoms with van der Waals surface area (Å²) in [5.41, 5.74) is 0.851. The number of carbonyl (C=O) groups excluding carboxylic acids is 2. The number of carbonyl (C=O) groups is 2. The minimum absolute atomic E-state index is 0.161. The van der Waals surface area contributed by atoms with Gasteiger partial charge in [0, 0.05) is 0 Å². The van der Waals surface area contributed by atoms with Gasteiger partial charge in [0.15, 0.2) is 34.5 Å². The monoisotopic (exact) mass is 468 g/mol. The lowest BCUT2D eigenvalue weighted by Crippen LogP contribution is -2.22. The van der Waals surface area contributed by atoms with Crippen molar-refractivity contribution in [2.75, 3.05) is 0 Å². The van der Waals surface area contributed by atoms with Crippen LogP contribution in [0.1, 0.15) is 56.9 Å². The van der Waals surface area contributed by atoms with E-state index in [0.717, 1.165) is 24.3 Å². The zero-order valence-electron chi connectivity index (χ0n) is 17.5. The second-order valence-corrected chi connectivity index (χ2v) is 7.72. The molecule has 3 aromatic carbocycles. The highest BCUT2D eigenvalue weighted by Crippen LogP contribution is 2.42. The third-order valence-corrected chi connectivity index (χ3v) is 5.49. The number of hydrogen-bond acceptors (Lipinski definition) is 10. The molecule has 0 unspecified atom stereocenters. The highest BCUT2D eigenvalue weighted by molar-refractivity contribution is 5.92.